The van der Waals surface area contributed by atoms with Crippen LogP contribution in [0.1, 0.15) is 21.5 Å². The summed E-state index contributed by atoms with van der Waals surface area (Å²) in [7, 11) is 0. The van der Waals surface area contributed by atoms with Crippen LogP contribution in [-0.4, -0.2) is 11.7 Å². The van der Waals surface area contributed by atoms with Crippen molar-refractivity contribution in [1.82, 2.24) is 0 Å². The number of benzene rings is 2. The number of carbonyl (C=O) groups excluding carboxylic acids is 2. The Balaban J connectivity index is 2.15. The van der Waals surface area contributed by atoms with Crippen LogP contribution in [0.25, 0.3) is 0 Å². The van der Waals surface area contributed by atoms with Gasteiger partial charge in [-0.2, -0.15) is 0 Å². The quantitative estimate of drug-likeness (QED) is 0.502. The maximum absolute atomic E-state index is 12.0. The van der Waals surface area contributed by atoms with Crippen molar-refractivity contribution >= 4 is 40.0 Å². The zero-order valence-corrected chi connectivity index (χ0v) is 13.4. The average Bonchev–Trinajstić information content (AvgIpc) is 2.42. The SMILES string of the molecule is Cc1ccc(C(=O)C(=O)Nc2ccc(I)cc2C)cc1. The highest BCUT2D eigenvalue weighted by Crippen LogP contribution is 2.18. The molecule has 4 heteroatoms. The lowest BCUT2D eigenvalue weighted by Crippen LogP contribution is -2.23. The predicted octanol–water partition coefficient (Wildman–Crippen LogP) is 3.73. The molecule has 20 heavy (non-hydrogen) atoms. The van der Waals surface area contributed by atoms with Gasteiger partial charge in [-0.3, -0.25) is 9.59 Å². The first-order valence-electron chi connectivity index (χ1n) is 6.16. The molecule has 0 aliphatic carbocycles. The number of anilines is 1. The number of amides is 1. The lowest BCUT2D eigenvalue weighted by molar-refractivity contribution is -0.112. The molecule has 0 atom stereocenters. The van der Waals surface area contributed by atoms with Gasteiger partial charge in [0.25, 0.3) is 11.7 Å². The highest BCUT2D eigenvalue weighted by atomic mass is 127. The van der Waals surface area contributed by atoms with E-state index in [1.54, 1.807) is 18.2 Å². The molecule has 2 rings (SSSR count). The van der Waals surface area contributed by atoms with E-state index in [1.807, 2.05) is 38.1 Å². The Morgan fingerprint density at radius 3 is 2.25 bits per heavy atom. The summed E-state index contributed by atoms with van der Waals surface area (Å²) in [5.41, 5.74) is 3.05. The monoisotopic (exact) mass is 379 g/mol. The van der Waals surface area contributed by atoms with Gasteiger partial charge in [-0.1, -0.05) is 29.8 Å². The first-order valence-corrected chi connectivity index (χ1v) is 7.24. The van der Waals surface area contributed by atoms with Crippen molar-refractivity contribution in [1.29, 1.82) is 0 Å². The van der Waals surface area contributed by atoms with E-state index in [4.69, 9.17) is 0 Å². The highest BCUT2D eigenvalue weighted by Gasteiger charge is 2.16. The Labute approximate surface area is 131 Å². The molecule has 3 nitrogen and oxygen atoms in total. The largest absolute Gasteiger partial charge is 0.319 e. The van der Waals surface area contributed by atoms with Gasteiger partial charge in [0.15, 0.2) is 0 Å². The van der Waals surface area contributed by atoms with Gasteiger partial charge in [-0.15, -0.1) is 0 Å². The number of nitrogens with one attached hydrogen (secondary N) is 1. The Hall–Kier alpha value is -1.69. The first-order chi connectivity index (χ1) is 9.47. The minimum atomic E-state index is -0.613. The summed E-state index contributed by atoms with van der Waals surface area (Å²) in [6, 6.07) is 12.6. The summed E-state index contributed by atoms with van der Waals surface area (Å²) >= 11 is 2.20. The maximum Gasteiger partial charge on any atom is 0.296 e. The minimum absolute atomic E-state index is 0.399. The van der Waals surface area contributed by atoms with Crippen LogP contribution in [0.4, 0.5) is 5.69 Å². The number of ketones is 1. The topological polar surface area (TPSA) is 46.2 Å². The van der Waals surface area contributed by atoms with Gasteiger partial charge in [-0.25, -0.2) is 0 Å². The third-order valence-corrected chi connectivity index (χ3v) is 3.63. The lowest BCUT2D eigenvalue weighted by atomic mass is 10.1. The molecule has 0 aromatic heterocycles. The lowest BCUT2D eigenvalue weighted by Gasteiger charge is -2.08. The normalized spacial score (nSPS) is 10.2. The second-order valence-corrected chi connectivity index (χ2v) is 5.85. The maximum atomic E-state index is 12.0. The van der Waals surface area contributed by atoms with E-state index >= 15 is 0 Å². The summed E-state index contributed by atoms with van der Waals surface area (Å²) < 4.78 is 1.09. The van der Waals surface area contributed by atoms with Crippen LogP contribution >= 0.6 is 22.6 Å². The van der Waals surface area contributed by atoms with E-state index in [1.165, 1.54) is 0 Å². The molecule has 2 aromatic rings. The fourth-order valence-corrected chi connectivity index (χ4v) is 2.43. The molecule has 0 heterocycles. The summed E-state index contributed by atoms with van der Waals surface area (Å²) in [5.74, 6) is -1.14. The number of Topliss-reactive ketones (excluding diaryl/α,β-unsaturated/α-hetero) is 1. The summed E-state index contributed by atoms with van der Waals surface area (Å²) in [6.07, 6.45) is 0. The molecule has 0 spiro atoms. The van der Waals surface area contributed by atoms with E-state index in [0.717, 1.165) is 14.7 Å². The van der Waals surface area contributed by atoms with Gasteiger partial charge >= 0.3 is 0 Å². The van der Waals surface area contributed by atoms with Crippen molar-refractivity contribution in [3.05, 3.63) is 62.7 Å². The van der Waals surface area contributed by atoms with Crippen LogP contribution in [-0.2, 0) is 4.79 Å². The molecular formula is C16H14INO2. The molecule has 1 N–H and O–H groups in total. The summed E-state index contributed by atoms with van der Waals surface area (Å²) in [6.45, 7) is 3.83. The van der Waals surface area contributed by atoms with Crippen molar-refractivity contribution in [3.63, 3.8) is 0 Å². The third-order valence-electron chi connectivity index (χ3n) is 2.96. The molecule has 0 unspecified atom stereocenters. The number of aryl methyl sites for hydroxylation is 2. The molecule has 0 aliphatic rings. The Morgan fingerprint density at radius 1 is 1.00 bits per heavy atom. The van der Waals surface area contributed by atoms with Crippen molar-refractivity contribution in [2.75, 3.05) is 5.32 Å². The van der Waals surface area contributed by atoms with Crippen LogP contribution in [0.3, 0.4) is 0 Å². The molecular weight excluding hydrogens is 365 g/mol. The van der Waals surface area contributed by atoms with Gasteiger partial charge < -0.3 is 5.32 Å². The second-order valence-electron chi connectivity index (χ2n) is 4.61. The molecule has 0 bridgehead atoms. The van der Waals surface area contributed by atoms with Crippen LogP contribution in [0.15, 0.2) is 42.5 Å². The molecule has 0 radical (unpaired) electrons. The smallest absolute Gasteiger partial charge is 0.296 e. The number of halogens is 1. The standard InChI is InChI=1S/C16H14INO2/c1-10-3-5-12(6-4-10)15(19)16(20)18-14-8-7-13(17)9-11(14)2/h3-9H,1-2H3,(H,18,20). The van der Waals surface area contributed by atoms with Crippen LogP contribution in [0.5, 0.6) is 0 Å². The second kappa shape index (κ2) is 6.17. The van der Waals surface area contributed by atoms with Gasteiger partial charge in [-0.05, 0) is 60.2 Å². The van der Waals surface area contributed by atoms with Crippen LogP contribution < -0.4 is 5.32 Å². The highest BCUT2D eigenvalue weighted by molar-refractivity contribution is 14.1. The molecule has 0 fully saturated rings. The van der Waals surface area contributed by atoms with Crippen molar-refractivity contribution in [2.24, 2.45) is 0 Å². The zero-order chi connectivity index (χ0) is 14.7. The summed E-state index contributed by atoms with van der Waals surface area (Å²) in [4.78, 5) is 24.0. The molecule has 0 saturated heterocycles. The van der Waals surface area contributed by atoms with Gasteiger partial charge in [0.2, 0.25) is 0 Å². The van der Waals surface area contributed by atoms with Crippen molar-refractivity contribution in [2.45, 2.75) is 13.8 Å². The average molecular weight is 379 g/mol. The van der Waals surface area contributed by atoms with Gasteiger partial charge in [0.1, 0.15) is 0 Å². The Kier molecular flexibility index (Phi) is 4.54. The number of hydrogen-bond acceptors (Lipinski definition) is 2. The Bertz CT molecular complexity index is 663. The van der Waals surface area contributed by atoms with Crippen LogP contribution in [0, 0.1) is 17.4 Å². The van der Waals surface area contributed by atoms with Gasteiger partial charge in [0, 0.05) is 14.8 Å². The fourth-order valence-electron chi connectivity index (χ4n) is 1.78. The summed E-state index contributed by atoms with van der Waals surface area (Å²) in [5, 5.41) is 2.66. The fraction of sp³-hybridized carbons (Fsp3) is 0.125. The minimum Gasteiger partial charge on any atom is -0.319 e. The molecule has 2 aromatic carbocycles. The predicted molar refractivity (Wildman–Crippen MR) is 88.0 cm³/mol. The van der Waals surface area contributed by atoms with E-state index in [2.05, 4.69) is 27.9 Å². The molecule has 0 aliphatic heterocycles. The van der Waals surface area contributed by atoms with Crippen LogP contribution in [0.2, 0.25) is 0 Å². The molecule has 102 valence electrons. The molecule has 1 amide bonds. The van der Waals surface area contributed by atoms with E-state index in [0.29, 0.717) is 11.3 Å². The van der Waals surface area contributed by atoms with Crippen molar-refractivity contribution in [3.8, 4) is 0 Å². The first kappa shape index (κ1) is 14.7. The third kappa shape index (κ3) is 3.45. The van der Waals surface area contributed by atoms with E-state index < -0.39 is 11.7 Å². The number of rotatable bonds is 3. The Morgan fingerprint density at radius 2 is 1.65 bits per heavy atom. The number of hydrogen-bond donors (Lipinski definition) is 1. The zero-order valence-electron chi connectivity index (χ0n) is 11.2. The van der Waals surface area contributed by atoms with E-state index in [-0.39, 0.29) is 0 Å². The number of carbonyl (C=O) groups is 2. The van der Waals surface area contributed by atoms with Crippen molar-refractivity contribution < 1.29 is 9.59 Å². The van der Waals surface area contributed by atoms with E-state index in [9.17, 15) is 9.59 Å². The van der Waals surface area contributed by atoms with Gasteiger partial charge in [0.05, 0.1) is 0 Å². The molecule has 0 saturated carbocycles.